The van der Waals surface area contributed by atoms with Gasteiger partial charge < -0.3 is 14.9 Å². The minimum atomic E-state index is -0.965. The predicted octanol–water partition coefficient (Wildman–Crippen LogP) is 5.25. The number of aliphatic hydroxyl groups excluding tert-OH is 1. The number of ether oxygens (including phenoxy) is 1. The number of carbonyl (C=O) groups is 2. The third-order valence-electron chi connectivity index (χ3n) is 6.03. The molecule has 1 aliphatic heterocycles. The Bertz CT molecular complexity index is 1520. The Morgan fingerprint density at radius 2 is 1.71 bits per heavy atom. The van der Waals surface area contributed by atoms with E-state index < -0.39 is 17.7 Å². The molecule has 1 amide bonds. The first-order chi connectivity index (χ1) is 16.8. The maximum atomic E-state index is 13.4. The average Bonchev–Trinajstić information content (AvgIpc) is 3.37. The van der Waals surface area contributed by atoms with Gasteiger partial charge in [-0.3, -0.25) is 14.5 Å². The maximum Gasteiger partial charge on any atom is 0.301 e. The standard InChI is InChI=1S/C27H22N2O5S/c1-14-4-7-16(8-5-14)24(31)22-23(17-9-11-19(30)20(13-17)34-3)29(26(33)25(22)32)27-28-18-10-6-15(2)12-21(18)35-27/h4-13,23,30-31H,1-3H3. The largest absolute Gasteiger partial charge is 0.507 e. The van der Waals surface area contributed by atoms with Crippen molar-refractivity contribution in [3.05, 3.63) is 88.5 Å². The van der Waals surface area contributed by atoms with Gasteiger partial charge in [0.2, 0.25) is 0 Å². The number of hydrogen-bond acceptors (Lipinski definition) is 7. The summed E-state index contributed by atoms with van der Waals surface area (Å²) in [5.74, 6) is -1.77. The Balaban J connectivity index is 1.75. The summed E-state index contributed by atoms with van der Waals surface area (Å²) in [6.07, 6.45) is 0. The van der Waals surface area contributed by atoms with Crippen molar-refractivity contribution in [3.63, 3.8) is 0 Å². The van der Waals surface area contributed by atoms with E-state index in [1.807, 2.05) is 44.2 Å². The number of aryl methyl sites for hydroxylation is 2. The number of ketones is 1. The van der Waals surface area contributed by atoms with Crippen LogP contribution in [0.25, 0.3) is 16.0 Å². The smallest absolute Gasteiger partial charge is 0.301 e. The molecule has 35 heavy (non-hydrogen) atoms. The van der Waals surface area contributed by atoms with Crippen molar-refractivity contribution in [1.82, 2.24) is 4.98 Å². The van der Waals surface area contributed by atoms with E-state index in [4.69, 9.17) is 4.74 Å². The van der Waals surface area contributed by atoms with Crippen LogP contribution >= 0.6 is 11.3 Å². The first-order valence-electron chi connectivity index (χ1n) is 10.9. The highest BCUT2D eigenvalue weighted by molar-refractivity contribution is 7.22. The van der Waals surface area contributed by atoms with Crippen LogP contribution in [0.2, 0.25) is 0 Å². The van der Waals surface area contributed by atoms with Crippen LogP contribution < -0.4 is 9.64 Å². The van der Waals surface area contributed by atoms with Crippen LogP contribution in [-0.2, 0) is 9.59 Å². The van der Waals surface area contributed by atoms with E-state index in [1.54, 1.807) is 24.3 Å². The number of carbonyl (C=O) groups excluding carboxylic acids is 2. The molecule has 0 spiro atoms. The number of rotatable bonds is 4. The summed E-state index contributed by atoms with van der Waals surface area (Å²) in [5.41, 5.74) is 3.60. The molecule has 4 aromatic rings. The highest BCUT2D eigenvalue weighted by Gasteiger charge is 2.48. The van der Waals surface area contributed by atoms with E-state index in [0.717, 1.165) is 15.8 Å². The summed E-state index contributed by atoms with van der Waals surface area (Å²) >= 11 is 1.29. The van der Waals surface area contributed by atoms with Crippen LogP contribution in [-0.4, -0.2) is 34.0 Å². The second kappa shape index (κ2) is 8.56. The van der Waals surface area contributed by atoms with Gasteiger partial charge in [0.05, 0.1) is 28.9 Å². The lowest BCUT2D eigenvalue weighted by Gasteiger charge is -2.23. The van der Waals surface area contributed by atoms with Crippen molar-refractivity contribution in [2.45, 2.75) is 19.9 Å². The van der Waals surface area contributed by atoms with E-state index in [2.05, 4.69) is 4.98 Å². The van der Waals surface area contributed by atoms with E-state index in [0.29, 0.717) is 21.8 Å². The molecule has 5 rings (SSSR count). The highest BCUT2D eigenvalue weighted by atomic mass is 32.1. The molecule has 1 fully saturated rings. The van der Waals surface area contributed by atoms with Gasteiger partial charge in [-0.25, -0.2) is 4.98 Å². The molecule has 2 N–H and O–H groups in total. The number of phenolic OH excluding ortho intramolecular Hbond substituents is 1. The van der Waals surface area contributed by atoms with Crippen molar-refractivity contribution in [3.8, 4) is 11.5 Å². The first kappa shape index (κ1) is 22.6. The monoisotopic (exact) mass is 486 g/mol. The Kier molecular flexibility index (Phi) is 5.53. The molecule has 0 saturated carbocycles. The topological polar surface area (TPSA) is 100.0 Å². The lowest BCUT2D eigenvalue weighted by molar-refractivity contribution is -0.132. The molecule has 176 valence electrons. The van der Waals surface area contributed by atoms with Gasteiger partial charge in [-0.1, -0.05) is 53.3 Å². The summed E-state index contributed by atoms with van der Waals surface area (Å²) in [6, 6.07) is 16.4. The number of amides is 1. The van der Waals surface area contributed by atoms with Crippen LogP contribution in [0.1, 0.15) is 28.3 Å². The van der Waals surface area contributed by atoms with Crippen LogP contribution in [0.15, 0.2) is 66.2 Å². The Labute approximate surface area is 205 Å². The number of benzene rings is 3. The van der Waals surface area contributed by atoms with Crippen LogP contribution in [0.5, 0.6) is 11.5 Å². The third kappa shape index (κ3) is 3.81. The molecule has 1 unspecified atom stereocenters. The minimum Gasteiger partial charge on any atom is -0.507 e. The zero-order valence-corrected chi connectivity index (χ0v) is 20.1. The highest BCUT2D eigenvalue weighted by Crippen LogP contribution is 2.45. The second-order valence-electron chi connectivity index (χ2n) is 8.43. The van der Waals surface area contributed by atoms with Crippen molar-refractivity contribution >= 4 is 44.1 Å². The average molecular weight is 487 g/mol. The van der Waals surface area contributed by atoms with Gasteiger partial charge in [0.1, 0.15) is 5.76 Å². The van der Waals surface area contributed by atoms with Gasteiger partial charge in [0, 0.05) is 5.56 Å². The van der Waals surface area contributed by atoms with Gasteiger partial charge in [0.25, 0.3) is 5.78 Å². The Morgan fingerprint density at radius 1 is 1.00 bits per heavy atom. The van der Waals surface area contributed by atoms with E-state index in [-0.39, 0.29) is 22.8 Å². The van der Waals surface area contributed by atoms with E-state index >= 15 is 0 Å². The molecule has 1 aliphatic rings. The summed E-state index contributed by atoms with van der Waals surface area (Å²) < 4.78 is 6.14. The number of fused-ring (bicyclic) bond motifs is 1. The van der Waals surface area contributed by atoms with E-state index in [9.17, 15) is 19.8 Å². The Hall–Kier alpha value is -4.17. The number of aromatic nitrogens is 1. The SMILES string of the molecule is COc1cc(C2C(=C(O)c3ccc(C)cc3)C(=O)C(=O)N2c2nc3ccc(C)cc3s2)ccc1O. The van der Waals surface area contributed by atoms with Gasteiger partial charge in [0.15, 0.2) is 16.6 Å². The fourth-order valence-electron chi connectivity index (χ4n) is 4.20. The third-order valence-corrected chi connectivity index (χ3v) is 7.05. The first-order valence-corrected chi connectivity index (χ1v) is 11.7. The molecule has 0 bridgehead atoms. The summed E-state index contributed by atoms with van der Waals surface area (Å²) in [6.45, 7) is 3.88. The molecular formula is C27H22N2O5S. The predicted molar refractivity (Wildman–Crippen MR) is 135 cm³/mol. The van der Waals surface area contributed by atoms with Crippen LogP contribution in [0.4, 0.5) is 5.13 Å². The van der Waals surface area contributed by atoms with E-state index in [1.165, 1.54) is 29.4 Å². The maximum absolute atomic E-state index is 13.4. The molecule has 1 atom stereocenters. The van der Waals surface area contributed by atoms with Crippen molar-refractivity contribution < 1.29 is 24.5 Å². The lowest BCUT2D eigenvalue weighted by atomic mass is 9.95. The molecule has 7 nitrogen and oxygen atoms in total. The second-order valence-corrected chi connectivity index (χ2v) is 9.44. The number of nitrogens with zero attached hydrogens (tertiary/aromatic N) is 2. The number of thiazole rings is 1. The quantitative estimate of drug-likeness (QED) is 0.232. The summed E-state index contributed by atoms with van der Waals surface area (Å²) in [5, 5.41) is 21.7. The van der Waals surface area contributed by atoms with Gasteiger partial charge >= 0.3 is 5.91 Å². The van der Waals surface area contributed by atoms with Gasteiger partial charge in [-0.05, 0) is 49.2 Å². The fraction of sp³-hybridized carbons (Fsp3) is 0.148. The van der Waals surface area contributed by atoms with Crippen molar-refractivity contribution in [1.29, 1.82) is 0 Å². The number of phenols is 1. The van der Waals surface area contributed by atoms with Gasteiger partial charge in [-0.15, -0.1) is 0 Å². The van der Waals surface area contributed by atoms with Crippen molar-refractivity contribution in [2.75, 3.05) is 12.0 Å². The number of anilines is 1. The number of methoxy groups -OCH3 is 1. The summed E-state index contributed by atoms with van der Waals surface area (Å²) in [4.78, 5) is 32.6. The number of Topliss-reactive ketones (excluding diaryl/α,β-unsaturated/α-hetero) is 1. The molecule has 3 aromatic carbocycles. The molecule has 1 aromatic heterocycles. The zero-order valence-electron chi connectivity index (χ0n) is 19.3. The number of hydrogen-bond donors (Lipinski definition) is 2. The normalized spacial score (nSPS) is 17.3. The van der Waals surface area contributed by atoms with Gasteiger partial charge in [-0.2, -0.15) is 0 Å². The molecule has 0 aliphatic carbocycles. The lowest BCUT2D eigenvalue weighted by Crippen LogP contribution is -2.29. The Morgan fingerprint density at radius 3 is 2.43 bits per heavy atom. The summed E-state index contributed by atoms with van der Waals surface area (Å²) in [7, 11) is 1.41. The number of aromatic hydroxyl groups is 1. The molecular weight excluding hydrogens is 464 g/mol. The van der Waals surface area contributed by atoms with Crippen LogP contribution in [0.3, 0.4) is 0 Å². The van der Waals surface area contributed by atoms with Crippen molar-refractivity contribution in [2.24, 2.45) is 0 Å². The molecule has 1 saturated heterocycles. The minimum absolute atomic E-state index is 0.0537. The zero-order chi connectivity index (χ0) is 24.9. The molecule has 0 radical (unpaired) electrons. The number of aliphatic hydroxyl groups is 1. The fourth-order valence-corrected chi connectivity index (χ4v) is 5.29. The van der Waals surface area contributed by atoms with Crippen LogP contribution in [0, 0.1) is 13.8 Å². The molecule has 8 heteroatoms. The molecule has 2 heterocycles.